The molecule has 0 heterocycles. The van der Waals surface area contributed by atoms with Gasteiger partial charge in [-0.05, 0) is 6.42 Å². The first-order valence-electron chi connectivity index (χ1n) is 17.3. The van der Waals surface area contributed by atoms with Crippen LogP contribution in [0.5, 0.6) is 0 Å². The minimum atomic E-state index is -4.33. The fraction of sp³-hybridized carbons (Fsp3) is 0.939. The van der Waals surface area contributed by atoms with E-state index in [0.29, 0.717) is 6.42 Å². The van der Waals surface area contributed by atoms with E-state index in [4.69, 9.17) is 20.0 Å². The van der Waals surface area contributed by atoms with Crippen LogP contribution in [0.2, 0.25) is 0 Å². The Balaban J connectivity index is 0. The second-order valence-corrected chi connectivity index (χ2v) is 13.8. The third kappa shape index (κ3) is 41.2. The molecule has 1 unspecified atom stereocenters. The van der Waals surface area contributed by atoms with E-state index < -0.39 is 31.7 Å². The number of carboxylic acids is 1. The molecule has 0 radical (unpaired) electrons. The molecule has 9 heteroatoms. The van der Waals surface area contributed by atoms with Crippen LogP contribution in [-0.2, 0) is 14.2 Å². The number of hydrogen-bond donors (Lipinski definition) is 5. The largest absolute Gasteiger partial charge is 0.481 e. The SMILES string of the molecule is CCCCCCCCCCCCCCCCCCCCCCCCCCCCCC(=O)O.NC(=O)C(O)CP(=O)(O)O. The van der Waals surface area contributed by atoms with Gasteiger partial charge in [-0.25, -0.2) is 0 Å². The van der Waals surface area contributed by atoms with Gasteiger partial charge in [0.25, 0.3) is 0 Å². The van der Waals surface area contributed by atoms with Gasteiger partial charge >= 0.3 is 13.6 Å². The number of carboxylic acid groups (broad SMARTS) is 1. The average Bonchev–Trinajstić information content (AvgIpc) is 2.92. The molecule has 0 spiro atoms. The van der Waals surface area contributed by atoms with Gasteiger partial charge in [-0.1, -0.05) is 174 Å². The number of hydrogen-bond acceptors (Lipinski definition) is 4. The van der Waals surface area contributed by atoms with Gasteiger partial charge in [-0.3, -0.25) is 14.2 Å². The second-order valence-electron chi connectivity index (χ2n) is 12.1. The van der Waals surface area contributed by atoms with Gasteiger partial charge in [0.2, 0.25) is 5.91 Å². The number of primary amides is 1. The van der Waals surface area contributed by atoms with Crippen molar-refractivity contribution >= 4 is 19.5 Å². The molecule has 0 aromatic rings. The summed E-state index contributed by atoms with van der Waals surface area (Å²) in [5.41, 5.74) is 4.51. The summed E-state index contributed by atoms with van der Waals surface area (Å²) >= 11 is 0. The zero-order valence-corrected chi connectivity index (χ0v) is 28.0. The highest BCUT2D eigenvalue weighted by molar-refractivity contribution is 7.51. The monoisotopic (exact) mass is 621 g/mol. The zero-order valence-electron chi connectivity index (χ0n) is 27.1. The quantitative estimate of drug-likeness (QED) is 0.0381. The lowest BCUT2D eigenvalue weighted by molar-refractivity contribution is -0.137. The van der Waals surface area contributed by atoms with Crippen LogP contribution in [0.3, 0.4) is 0 Å². The van der Waals surface area contributed by atoms with E-state index in [2.05, 4.69) is 12.7 Å². The molecule has 8 nitrogen and oxygen atoms in total. The number of aliphatic hydroxyl groups excluding tert-OH is 1. The Morgan fingerprint density at radius 1 is 0.548 bits per heavy atom. The molecule has 252 valence electrons. The van der Waals surface area contributed by atoms with Gasteiger partial charge in [0.15, 0.2) is 0 Å². The highest BCUT2D eigenvalue weighted by Gasteiger charge is 2.23. The zero-order chi connectivity index (χ0) is 31.7. The van der Waals surface area contributed by atoms with Crippen LogP contribution in [0.1, 0.15) is 187 Å². The summed E-state index contributed by atoms with van der Waals surface area (Å²) in [7, 11) is -4.33. The highest BCUT2D eigenvalue weighted by atomic mass is 31.2. The van der Waals surface area contributed by atoms with Crippen LogP contribution in [0.15, 0.2) is 0 Å². The molecule has 0 bridgehead atoms. The maximum atomic E-state index is 10.4. The molecule has 0 saturated carbocycles. The van der Waals surface area contributed by atoms with Gasteiger partial charge in [-0.15, -0.1) is 0 Å². The van der Waals surface area contributed by atoms with Gasteiger partial charge in [0.1, 0.15) is 6.10 Å². The lowest BCUT2D eigenvalue weighted by atomic mass is 10.0. The second kappa shape index (κ2) is 33.0. The number of carbonyl (C=O) groups is 2. The Kier molecular flexibility index (Phi) is 33.9. The van der Waals surface area contributed by atoms with Crippen LogP contribution in [0.4, 0.5) is 0 Å². The van der Waals surface area contributed by atoms with E-state index in [1.165, 1.54) is 161 Å². The molecule has 6 N–H and O–H groups in total. The Labute approximate surface area is 258 Å². The van der Waals surface area contributed by atoms with Crippen LogP contribution in [0, 0.1) is 0 Å². The van der Waals surface area contributed by atoms with Gasteiger partial charge in [-0.2, -0.15) is 0 Å². The topological polar surface area (TPSA) is 158 Å². The van der Waals surface area contributed by atoms with Crippen molar-refractivity contribution in [1.29, 1.82) is 0 Å². The first kappa shape index (κ1) is 43.2. The van der Waals surface area contributed by atoms with E-state index >= 15 is 0 Å². The van der Waals surface area contributed by atoms with Crippen LogP contribution in [-0.4, -0.2) is 44.1 Å². The van der Waals surface area contributed by atoms with Crippen molar-refractivity contribution in [2.45, 2.75) is 193 Å². The predicted octanol–water partition coefficient (Wildman–Crippen LogP) is 9.02. The molecule has 0 aliphatic heterocycles. The third-order valence-corrected chi connectivity index (χ3v) is 8.55. The van der Waals surface area contributed by atoms with Crippen LogP contribution < -0.4 is 5.73 Å². The maximum Gasteiger partial charge on any atom is 0.328 e. The number of aliphatic hydroxyl groups is 1. The lowest BCUT2D eigenvalue weighted by Crippen LogP contribution is -2.31. The summed E-state index contributed by atoms with van der Waals surface area (Å²) in [5.74, 6) is -1.78. The van der Waals surface area contributed by atoms with Crippen molar-refractivity contribution in [3.05, 3.63) is 0 Å². The molecule has 0 aliphatic rings. The molecule has 1 atom stereocenters. The number of unbranched alkanes of at least 4 members (excludes halogenated alkanes) is 26. The molecule has 0 aliphatic carbocycles. The van der Waals surface area contributed by atoms with Crippen molar-refractivity contribution in [3.8, 4) is 0 Å². The van der Waals surface area contributed by atoms with Crippen molar-refractivity contribution in [2.75, 3.05) is 6.16 Å². The highest BCUT2D eigenvalue weighted by Crippen LogP contribution is 2.34. The average molecular weight is 622 g/mol. The maximum absolute atomic E-state index is 10.4. The smallest absolute Gasteiger partial charge is 0.328 e. The summed E-state index contributed by atoms with van der Waals surface area (Å²) in [5, 5.41) is 17.1. The van der Waals surface area contributed by atoms with Gasteiger partial charge in [0.05, 0.1) is 6.16 Å². The molecule has 0 aromatic carbocycles. The summed E-state index contributed by atoms with van der Waals surface area (Å²) < 4.78 is 10.1. The molecule has 0 saturated heterocycles. The fourth-order valence-corrected chi connectivity index (χ4v) is 5.71. The van der Waals surface area contributed by atoms with Crippen molar-refractivity contribution in [2.24, 2.45) is 5.73 Å². The summed E-state index contributed by atoms with van der Waals surface area (Å²) in [4.78, 5) is 36.8. The lowest BCUT2D eigenvalue weighted by Gasteiger charge is -2.06. The number of amides is 1. The fourth-order valence-electron chi connectivity index (χ4n) is 5.08. The van der Waals surface area contributed by atoms with Crippen molar-refractivity contribution in [3.63, 3.8) is 0 Å². The summed E-state index contributed by atoms with van der Waals surface area (Å²) in [6.45, 7) is 2.30. The van der Waals surface area contributed by atoms with E-state index in [1.54, 1.807) is 0 Å². The van der Waals surface area contributed by atoms with Crippen molar-refractivity contribution in [1.82, 2.24) is 0 Å². The Hall–Kier alpha value is -0.950. The van der Waals surface area contributed by atoms with E-state index in [9.17, 15) is 14.2 Å². The molecule has 1 amide bonds. The third-order valence-electron chi connectivity index (χ3n) is 7.73. The Morgan fingerprint density at radius 2 is 0.786 bits per heavy atom. The van der Waals surface area contributed by atoms with Gasteiger partial charge in [0, 0.05) is 6.42 Å². The molecule has 42 heavy (non-hydrogen) atoms. The molecule has 0 fully saturated rings. The standard InChI is InChI=1S/C30H60O2.C3H8NO5P/c1-2-3-4-5-6-7-8-9-10-11-12-13-14-15-16-17-18-19-20-21-22-23-24-25-26-27-28-29-30(31)32;4-3(6)2(5)1-10(7,8)9/h2-29H2,1H3,(H,31,32);2,5H,1H2,(H2,4,6)(H2,7,8,9). The minimum absolute atomic E-state index is 0.347. The molecule has 0 rings (SSSR count). The Bertz CT molecular complexity index is 642. The van der Waals surface area contributed by atoms with Crippen LogP contribution in [0.25, 0.3) is 0 Å². The molecular weight excluding hydrogens is 553 g/mol. The summed E-state index contributed by atoms with van der Waals surface area (Å²) in [6.07, 6.45) is 35.3. The van der Waals surface area contributed by atoms with Crippen LogP contribution >= 0.6 is 7.60 Å². The number of aliphatic carboxylic acids is 1. The number of carbonyl (C=O) groups excluding carboxylic acids is 1. The van der Waals surface area contributed by atoms with E-state index in [0.717, 1.165) is 12.8 Å². The first-order valence-corrected chi connectivity index (χ1v) is 19.1. The number of nitrogens with two attached hydrogens (primary N) is 1. The molecule has 0 aromatic heterocycles. The first-order chi connectivity index (χ1) is 20.1. The molecular formula is C33H68NO7P. The van der Waals surface area contributed by atoms with Crippen molar-refractivity contribution < 1.29 is 34.2 Å². The predicted molar refractivity (Wildman–Crippen MR) is 175 cm³/mol. The minimum Gasteiger partial charge on any atom is -0.481 e. The Morgan fingerprint density at radius 3 is 0.952 bits per heavy atom. The summed E-state index contributed by atoms with van der Waals surface area (Å²) in [6, 6.07) is 0. The van der Waals surface area contributed by atoms with E-state index in [1.807, 2.05) is 0 Å². The van der Waals surface area contributed by atoms with Gasteiger partial charge < -0.3 is 25.7 Å². The normalized spacial score (nSPS) is 12.1. The number of rotatable bonds is 31. The van der Waals surface area contributed by atoms with E-state index in [-0.39, 0.29) is 0 Å².